The number of hydrogen-bond donors (Lipinski definition) is 0. The third kappa shape index (κ3) is 5.13. The molecule has 3 aromatic carbocycles. The zero-order chi connectivity index (χ0) is 23.4. The Labute approximate surface area is 199 Å². The second kappa shape index (κ2) is 9.97. The number of thiocarbonyl (C=S) groups is 1. The molecule has 1 aliphatic heterocycles. The first-order valence-electron chi connectivity index (χ1n) is 9.90. The molecule has 8 heteroatoms. The zero-order valence-corrected chi connectivity index (χ0v) is 19.1. The van der Waals surface area contributed by atoms with E-state index in [2.05, 4.69) is 0 Å². The van der Waals surface area contributed by atoms with Crippen LogP contribution in [-0.4, -0.2) is 28.2 Å². The first kappa shape index (κ1) is 22.7. The number of ether oxygens (including phenoxy) is 2. The van der Waals surface area contributed by atoms with Crippen molar-refractivity contribution in [1.29, 1.82) is 0 Å². The van der Waals surface area contributed by atoms with Crippen LogP contribution in [0.3, 0.4) is 0 Å². The maximum Gasteiger partial charge on any atom is 0.346 e. The fourth-order valence-electron chi connectivity index (χ4n) is 3.19. The average molecular weight is 480 g/mol. The first-order chi connectivity index (χ1) is 16.0. The second-order valence-corrected chi connectivity index (χ2v) is 8.71. The highest BCUT2D eigenvalue weighted by atomic mass is 32.2. The number of hydrogen-bond acceptors (Lipinski definition) is 6. The monoisotopic (exact) mass is 479 g/mol. The fourth-order valence-corrected chi connectivity index (χ4v) is 4.45. The van der Waals surface area contributed by atoms with Crippen molar-refractivity contribution in [2.75, 3.05) is 7.11 Å². The Morgan fingerprint density at radius 3 is 2.52 bits per heavy atom. The smallest absolute Gasteiger partial charge is 0.346 e. The Kier molecular flexibility index (Phi) is 6.86. The number of carbonyl (C=O) groups is 2. The van der Waals surface area contributed by atoms with Crippen molar-refractivity contribution < 1.29 is 23.5 Å². The van der Waals surface area contributed by atoms with Gasteiger partial charge in [0, 0.05) is 0 Å². The highest BCUT2D eigenvalue weighted by Gasteiger charge is 2.32. The second-order valence-electron chi connectivity index (χ2n) is 7.03. The Bertz CT molecular complexity index is 1260. The minimum atomic E-state index is -0.832. The topological polar surface area (TPSA) is 55.8 Å². The van der Waals surface area contributed by atoms with Crippen LogP contribution < -0.4 is 9.47 Å². The van der Waals surface area contributed by atoms with Gasteiger partial charge in [-0.3, -0.25) is 9.69 Å². The minimum absolute atomic E-state index is 0.138. The molecule has 5 nitrogen and oxygen atoms in total. The van der Waals surface area contributed by atoms with E-state index in [0.717, 1.165) is 5.56 Å². The van der Waals surface area contributed by atoms with Crippen LogP contribution in [0.15, 0.2) is 77.7 Å². The van der Waals surface area contributed by atoms with Crippen LogP contribution >= 0.6 is 24.0 Å². The summed E-state index contributed by atoms with van der Waals surface area (Å²) in [6, 6.07) is 20.0. The molecule has 0 unspecified atom stereocenters. The summed E-state index contributed by atoms with van der Waals surface area (Å²) in [4.78, 5) is 27.3. The third-order valence-electron chi connectivity index (χ3n) is 4.84. The molecular formula is C25H18FNO4S2. The molecule has 33 heavy (non-hydrogen) atoms. The predicted molar refractivity (Wildman–Crippen MR) is 130 cm³/mol. The van der Waals surface area contributed by atoms with E-state index in [0.29, 0.717) is 21.3 Å². The van der Waals surface area contributed by atoms with Crippen molar-refractivity contribution in [2.45, 2.75) is 6.54 Å². The molecule has 3 aromatic rings. The van der Waals surface area contributed by atoms with Crippen LogP contribution in [0.1, 0.15) is 21.5 Å². The van der Waals surface area contributed by atoms with E-state index in [1.807, 2.05) is 30.3 Å². The maximum absolute atomic E-state index is 13.9. The number of carbonyl (C=O) groups excluding carboxylic acids is 2. The van der Waals surface area contributed by atoms with Gasteiger partial charge in [-0.25, -0.2) is 9.18 Å². The van der Waals surface area contributed by atoms with Gasteiger partial charge in [-0.1, -0.05) is 72.5 Å². The molecule has 0 atom stereocenters. The van der Waals surface area contributed by atoms with Gasteiger partial charge in [0.05, 0.1) is 24.1 Å². The summed E-state index contributed by atoms with van der Waals surface area (Å²) in [5, 5.41) is 0. The number of nitrogens with zero attached hydrogens (tertiary/aromatic N) is 1. The number of benzene rings is 3. The van der Waals surface area contributed by atoms with Crippen LogP contribution in [0.25, 0.3) is 6.08 Å². The summed E-state index contributed by atoms with van der Waals surface area (Å²) in [5.41, 5.74) is 1.47. The van der Waals surface area contributed by atoms with E-state index in [1.54, 1.807) is 29.2 Å². The normalized spacial score (nSPS) is 14.6. The summed E-state index contributed by atoms with van der Waals surface area (Å²) < 4.78 is 25.0. The Morgan fingerprint density at radius 2 is 1.79 bits per heavy atom. The number of methoxy groups -OCH3 is 1. The molecule has 0 aliphatic carbocycles. The maximum atomic E-state index is 13.9. The number of halogens is 1. The number of amides is 1. The van der Waals surface area contributed by atoms with Gasteiger partial charge >= 0.3 is 5.97 Å². The predicted octanol–water partition coefficient (Wildman–Crippen LogP) is 5.45. The fraction of sp³-hybridized carbons (Fsp3) is 0.0800. The molecule has 1 heterocycles. The van der Waals surface area contributed by atoms with E-state index in [1.165, 1.54) is 43.1 Å². The van der Waals surface area contributed by atoms with Crippen molar-refractivity contribution in [3.63, 3.8) is 0 Å². The lowest BCUT2D eigenvalue weighted by molar-refractivity contribution is -0.122. The molecule has 0 aromatic heterocycles. The molecule has 4 rings (SSSR count). The van der Waals surface area contributed by atoms with Gasteiger partial charge in [0.25, 0.3) is 5.91 Å². The van der Waals surface area contributed by atoms with Gasteiger partial charge < -0.3 is 9.47 Å². The van der Waals surface area contributed by atoms with Crippen LogP contribution in [0, 0.1) is 5.82 Å². The van der Waals surface area contributed by atoms with E-state index < -0.39 is 11.8 Å². The SMILES string of the molecule is COc1cc(C=C2SC(=S)N(Cc3ccccc3)C2=O)ccc1OC(=O)c1ccccc1F. The largest absolute Gasteiger partial charge is 0.493 e. The van der Waals surface area contributed by atoms with Crippen LogP contribution in [0.5, 0.6) is 11.5 Å². The first-order valence-corrected chi connectivity index (χ1v) is 11.1. The highest BCUT2D eigenvalue weighted by Crippen LogP contribution is 2.35. The molecule has 0 bridgehead atoms. The lowest BCUT2D eigenvalue weighted by atomic mass is 10.1. The van der Waals surface area contributed by atoms with E-state index in [4.69, 9.17) is 21.7 Å². The standard InChI is InChI=1S/C25H18FNO4S2/c1-30-21-13-17(11-12-20(21)31-24(29)18-9-5-6-10-19(18)26)14-22-23(28)27(25(32)33-22)15-16-7-3-2-4-8-16/h2-14H,15H2,1H3. The van der Waals surface area contributed by atoms with E-state index >= 15 is 0 Å². The Hall–Kier alpha value is -3.49. The van der Waals surface area contributed by atoms with Crippen molar-refractivity contribution in [1.82, 2.24) is 4.90 Å². The van der Waals surface area contributed by atoms with Gasteiger partial charge in [0.2, 0.25) is 0 Å². The number of thioether (sulfide) groups is 1. The Balaban J connectivity index is 1.53. The third-order valence-corrected chi connectivity index (χ3v) is 6.22. The van der Waals surface area contributed by atoms with Crippen LogP contribution in [0.2, 0.25) is 0 Å². The molecule has 0 saturated carbocycles. The summed E-state index contributed by atoms with van der Waals surface area (Å²) >= 11 is 6.62. The Morgan fingerprint density at radius 1 is 1.06 bits per heavy atom. The van der Waals surface area contributed by atoms with Gasteiger partial charge in [-0.15, -0.1) is 0 Å². The molecular weight excluding hydrogens is 461 g/mol. The molecule has 1 aliphatic rings. The average Bonchev–Trinajstić information content (AvgIpc) is 3.08. The van der Waals surface area contributed by atoms with Crippen LogP contribution in [-0.2, 0) is 11.3 Å². The van der Waals surface area contributed by atoms with E-state index in [-0.39, 0.29) is 23.0 Å². The molecule has 1 fully saturated rings. The molecule has 0 radical (unpaired) electrons. The minimum Gasteiger partial charge on any atom is -0.493 e. The summed E-state index contributed by atoms with van der Waals surface area (Å²) in [6.45, 7) is 0.400. The number of rotatable bonds is 6. The molecule has 166 valence electrons. The van der Waals surface area contributed by atoms with Gasteiger partial charge in [-0.05, 0) is 41.5 Å². The zero-order valence-electron chi connectivity index (χ0n) is 17.5. The van der Waals surface area contributed by atoms with Crippen molar-refractivity contribution in [2.24, 2.45) is 0 Å². The van der Waals surface area contributed by atoms with Gasteiger partial charge in [0.1, 0.15) is 10.1 Å². The van der Waals surface area contributed by atoms with Gasteiger partial charge in [0.15, 0.2) is 11.5 Å². The summed E-state index contributed by atoms with van der Waals surface area (Å²) in [6.07, 6.45) is 1.70. The lowest BCUT2D eigenvalue weighted by Gasteiger charge is -2.14. The quantitative estimate of drug-likeness (QED) is 0.203. The lowest BCUT2D eigenvalue weighted by Crippen LogP contribution is -2.27. The van der Waals surface area contributed by atoms with E-state index in [9.17, 15) is 14.0 Å². The molecule has 1 saturated heterocycles. The van der Waals surface area contributed by atoms with Crippen molar-refractivity contribution in [3.8, 4) is 11.5 Å². The van der Waals surface area contributed by atoms with Crippen molar-refractivity contribution in [3.05, 3.63) is 100 Å². The molecule has 0 N–H and O–H groups in total. The molecule has 1 amide bonds. The summed E-state index contributed by atoms with van der Waals surface area (Å²) in [7, 11) is 1.43. The van der Waals surface area contributed by atoms with Crippen LogP contribution in [0.4, 0.5) is 4.39 Å². The summed E-state index contributed by atoms with van der Waals surface area (Å²) in [5.74, 6) is -1.27. The van der Waals surface area contributed by atoms with Gasteiger partial charge in [-0.2, -0.15) is 0 Å². The molecule has 0 spiro atoms. The number of esters is 1. The van der Waals surface area contributed by atoms with Crippen molar-refractivity contribution >= 4 is 46.3 Å². The highest BCUT2D eigenvalue weighted by molar-refractivity contribution is 8.26.